The third kappa shape index (κ3) is 2.00. The molecule has 1 aromatic carbocycles. The summed E-state index contributed by atoms with van der Waals surface area (Å²) in [6.07, 6.45) is 0.911. The average Bonchev–Trinajstić information content (AvgIpc) is 3.05. The summed E-state index contributed by atoms with van der Waals surface area (Å²) < 4.78 is 14.0. The number of thiophene rings is 1. The number of aromatic nitrogens is 2. The second-order valence-electron chi connectivity index (χ2n) is 4.47. The number of anilines is 1. The Kier molecular flexibility index (Phi) is 3.28. The molecule has 3 aromatic rings. The van der Waals surface area contributed by atoms with Gasteiger partial charge in [0, 0.05) is 5.56 Å². The predicted molar refractivity (Wildman–Crippen MR) is 81.1 cm³/mol. The van der Waals surface area contributed by atoms with Gasteiger partial charge >= 0.3 is 0 Å². The summed E-state index contributed by atoms with van der Waals surface area (Å²) in [6, 6.07) is 8.68. The molecule has 5 heteroatoms. The molecule has 2 heterocycles. The summed E-state index contributed by atoms with van der Waals surface area (Å²) >= 11 is 1.61. The van der Waals surface area contributed by atoms with Gasteiger partial charge in [-0.2, -0.15) is 5.10 Å². The van der Waals surface area contributed by atoms with Gasteiger partial charge in [0.25, 0.3) is 0 Å². The first-order valence-electron chi connectivity index (χ1n) is 6.37. The highest BCUT2D eigenvalue weighted by Gasteiger charge is 2.19. The lowest BCUT2D eigenvalue weighted by atomic mass is 10.0. The normalized spacial score (nSPS) is 10.9. The fourth-order valence-electron chi connectivity index (χ4n) is 2.29. The molecule has 3 N–H and O–H groups in total. The molecule has 0 amide bonds. The van der Waals surface area contributed by atoms with Crippen LogP contribution in [0.25, 0.3) is 21.7 Å². The van der Waals surface area contributed by atoms with Gasteiger partial charge in [0.05, 0.1) is 16.1 Å². The highest BCUT2D eigenvalue weighted by atomic mass is 32.1. The molecule has 0 radical (unpaired) electrons. The van der Waals surface area contributed by atoms with E-state index in [0.717, 1.165) is 17.0 Å². The molecular weight excluding hydrogens is 273 g/mol. The van der Waals surface area contributed by atoms with Gasteiger partial charge in [-0.25, -0.2) is 4.39 Å². The molecule has 0 spiro atoms. The standard InChI is InChI=1S/C15H14FN3S/c1-2-9-7-8-20-14(9)13-12(15(17)19-18-13)10-5-3-4-6-11(10)16/h3-8H,2H2,1H3,(H3,17,18,19). The number of benzene rings is 1. The summed E-state index contributed by atoms with van der Waals surface area (Å²) in [7, 11) is 0. The Morgan fingerprint density at radius 2 is 2.10 bits per heavy atom. The van der Waals surface area contributed by atoms with Gasteiger partial charge in [-0.15, -0.1) is 11.3 Å². The first-order chi connectivity index (χ1) is 9.72. The van der Waals surface area contributed by atoms with Gasteiger partial charge in [-0.05, 0) is 29.5 Å². The van der Waals surface area contributed by atoms with E-state index in [0.29, 0.717) is 16.9 Å². The Hall–Kier alpha value is -2.14. The fraction of sp³-hybridized carbons (Fsp3) is 0.133. The number of hydrogen-bond acceptors (Lipinski definition) is 3. The number of rotatable bonds is 3. The van der Waals surface area contributed by atoms with E-state index in [1.807, 2.05) is 5.38 Å². The third-order valence-corrected chi connectivity index (χ3v) is 4.27. The molecule has 0 unspecified atom stereocenters. The van der Waals surface area contributed by atoms with Crippen LogP contribution in [0.5, 0.6) is 0 Å². The zero-order chi connectivity index (χ0) is 14.1. The van der Waals surface area contributed by atoms with Gasteiger partial charge in [-0.1, -0.05) is 25.1 Å². The monoisotopic (exact) mass is 287 g/mol. The number of nitrogens with one attached hydrogen (secondary N) is 1. The van der Waals surface area contributed by atoms with E-state index in [-0.39, 0.29) is 5.82 Å². The van der Waals surface area contributed by atoms with Crippen molar-refractivity contribution in [2.24, 2.45) is 0 Å². The second kappa shape index (κ2) is 5.09. The molecule has 0 bridgehead atoms. The minimum Gasteiger partial charge on any atom is -0.382 e. The number of halogens is 1. The number of aromatic amines is 1. The lowest BCUT2D eigenvalue weighted by Gasteiger charge is -2.06. The van der Waals surface area contributed by atoms with Crippen molar-refractivity contribution in [3.63, 3.8) is 0 Å². The largest absolute Gasteiger partial charge is 0.382 e. The molecule has 2 aromatic heterocycles. The quantitative estimate of drug-likeness (QED) is 0.762. The van der Waals surface area contributed by atoms with E-state index in [1.165, 1.54) is 11.6 Å². The first kappa shape index (κ1) is 12.9. The summed E-state index contributed by atoms with van der Waals surface area (Å²) in [4.78, 5) is 1.06. The van der Waals surface area contributed by atoms with Crippen molar-refractivity contribution in [2.75, 3.05) is 5.73 Å². The van der Waals surface area contributed by atoms with Gasteiger partial charge < -0.3 is 5.73 Å². The molecule has 0 saturated heterocycles. The van der Waals surface area contributed by atoms with Crippen molar-refractivity contribution >= 4 is 17.2 Å². The molecule has 3 nitrogen and oxygen atoms in total. The Morgan fingerprint density at radius 3 is 2.85 bits per heavy atom. The summed E-state index contributed by atoms with van der Waals surface area (Å²) in [6.45, 7) is 2.09. The van der Waals surface area contributed by atoms with Crippen LogP contribution in [-0.4, -0.2) is 10.2 Å². The van der Waals surface area contributed by atoms with Crippen LogP contribution in [0.1, 0.15) is 12.5 Å². The van der Waals surface area contributed by atoms with Crippen molar-refractivity contribution < 1.29 is 4.39 Å². The highest BCUT2D eigenvalue weighted by Crippen LogP contribution is 2.39. The number of nitrogens with zero attached hydrogens (tertiary/aromatic N) is 1. The van der Waals surface area contributed by atoms with Crippen molar-refractivity contribution in [3.8, 4) is 21.7 Å². The summed E-state index contributed by atoms with van der Waals surface area (Å²) in [5.41, 5.74) is 9.05. The van der Waals surface area contributed by atoms with E-state index in [9.17, 15) is 4.39 Å². The minimum atomic E-state index is -0.295. The van der Waals surface area contributed by atoms with E-state index < -0.39 is 0 Å². The van der Waals surface area contributed by atoms with Gasteiger partial charge in [0.2, 0.25) is 0 Å². The highest BCUT2D eigenvalue weighted by molar-refractivity contribution is 7.13. The molecule has 0 aliphatic heterocycles. The Morgan fingerprint density at radius 1 is 1.30 bits per heavy atom. The maximum Gasteiger partial charge on any atom is 0.153 e. The van der Waals surface area contributed by atoms with Crippen LogP contribution in [0.15, 0.2) is 35.7 Å². The third-order valence-electron chi connectivity index (χ3n) is 3.29. The summed E-state index contributed by atoms with van der Waals surface area (Å²) in [5, 5.41) is 9.03. The molecule has 20 heavy (non-hydrogen) atoms. The molecule has 102 valence electrons. The van der Waals surface area contributed by atoms with Crippen LogP contribution in [0.3, 0.4) is 0 Å². The molecule has 0 fully saturated rings. The van der Waals surface area contributed by atoms with Crippen LogP contribution >= 0.6 is 11.3 Å². The predicted octanol–water partition coefficient (Wildman–Crippen LogP) is 4.09. The molecule has 0 aliphatic rings. The Balaban J connectivity index is 2.23. The molecular formula is C15H14FN3S. The fourth-order valence-corrected chi connectivity index (χ4v) is 3.29. The molecule has 0 saturated carbocycles. The van der Waals surface area contributed by atoms with E-state index in [2.05, 4.69) is 23.2 Å². The zero-order valence-electron chi connectivity index (χ0n) is 11.0. The van der Waals surface area contributed by atoms with E-state index in [1.54, 1.807) is 29.5 Å². The SMILES string of the molecule is CCc1ccsc1-c1[nH]nc(N)c1-c1ccccc1F. The number of H-pyrrole nitrogens is 1. The van der Waals surface area contributed by atoms with Crippen molar-refractivity contribution in [1.29, 1.82) is 0 Å². The lowest BCUT2D eigenvalue weighted by molar-refractivity contribution is 0.631. The van der Waals surface area contributed by atoms with Crippen molar-refractivity contribution in [1.82, 2.24) is 10.2 Å². The smallest absolute Gasteiger partial charge is 0.153 e. The number of hydrogen-bond donors (Lipinski definition) is 2. The van der Waals surface area contributed by atoms with Crippen molar-refractivity contribution in [3.05, 3.63) is 47.1 Å². The van der Waals surface area contributed by atoms with Gasteiger partial charge in [0.15, 0.2) is 5.82 Å². The number of nitrogen functional groups attached to an aromatic ring is 1. The van der Waals surface area contributed by atoms with Crippen LogP contribution in [0.4, 0.5) is 10.2 Å². The number of nitrogens with two attached hydrogens (primary N) is 1. The number of aryl methyl sites for hydroxylation is 1. The average molecular weight is 287 g/mol. The van der Waals surface area contributed by atoms with E-state index in [4.69, 9.17) is 5.73 Å². The maximum atomic E-state index is 14.0. The van der Waals surface area contributed by atoms with Crippen LogP contribution in [0.2, 0.25) is 0 Å². The molecule has 0 aliphatic carbocycles. The van der Waals surface area contributed by atoms with Crippen LogP contribution in [-0.2, 0) is 6.42 Å². The molecule has 3 rings (SSSR count). The second-order valence-corrected chi connectivity index (χ2v) is 5.38. The van der Waals surface area contributed by atoms with Crippen molar-refractivity contribution in [2.45, 2.75) is 13.3 Å². The lowest BCUT2D eigenvalue weighted by Crippen LogP contribution is -1.91. The maximum absolute atomic E-state index is 14.0. The topological polar surface area (TPSA) is 54.7 Å². The summed E-state index contributed by atoms with van der Waals surface area (Å²) in [5.74, 6) is 0.0250. The van der Waals surface area contributed by atoms with Gasteiger partial charge in [0.1, 0.15) is 5.82 Å². The molecule has 0 atom stereocenters. The van der Waals surface area contributed by atoms with Crippen LogP contribution in [0, 0.1) is 5.82 Å². The zero-order valence-corrected chi connectivity index (χ0v) is 11.8. The van der Waals surface area contributed by atoms with E-state index >= 15 is 0 Å². The van der Waals surface area contributed by atoms with Gasteiger partial charge in [-0.3, -0.25) is 5.10 Å². The Labute approximate surface area is 120 Å². The first-order valence-corrected chi connectivity index (χ1v) is 7.25. The minimum absolute atomic E-state index is 0.295. The Bertz CT molecular complexity index is 745. The van der Waals surface area contributed by atoms with Crippen LogP contribution < -0.4 is 5.73 Å².